The van der Waals surface area contributed by atoms with E-state index in [0.717, 1.165) is 38.0 Å². The maximum Gasteiger partial charge on any atom is 0.246 e. The third-order valence-electron chi connectivity index (χ3n) is 5.34. The van der Waals surface area contributed by atoms with E-state index in [1.54, 1.807) is 42.4 Å². The Morgan fingerprint density at radius 1 is 1.25 bits per heavy atom. The highest BCUT2D eigenvalue weighted by molar-refractivity contribution is 5.87. The Kier molecular flexibility index (Phi) is 18.2. The number of nitrogens with zero attached hydrogens (tertiary/aromatic N) is 1. The van der Waals surface area contributed by atoms with E-state index in [0.29, 0.717) is 17.1 Å². The van der Waals surface area contributed by atoms with Gasteiger partial charge in [-0.25, -0.2) is 0 Å². The molecular weight excluding hydrogens is 456 g/mol. The lowest BCUT2D eigenvalue weighted by Crippen LogP contribution is -2.38. The third-order valence-corrected chi connectivity index (χ3v) is 5.34. The van der Waals surface area contributed by atoms with Crippen LogP contribution in [-0.4, -0.2) is 58.9 Å². The average molecular weight is 503 g/mol. The van der Waals surface area contributed by atoms with Crippen molar-refractivity contribution in [2.24, 2.45) is 5.73 Å². The largest absolute Gasteiger partial charge is 0.507 e. The highest BCUT2D eigenvalue weighted by Crippen LogP contribution is 2.24. The zero-order valence-corrected chi connectivity index (χ0v) is 22.4. The van der Waals surface area contributed by atoms with Crippen LogP contribution in [0.2, 0.25) is 0 Å². The van der Waals surface area contributed by atoms with Crippen LogP contribution in [-0.2, 0) is 9.53 Å². The first-order chi connectivity index (χ1) is 17.3. The fourth-order valence-electron chi connectivity index (χ4n) is 3.16. The molecule has 1 atom stereocenters. The van der Waals surface area contributed by atoms with Crippen LogP contribution in [0.25, 0.3) is 11.8 Å². The first kappa shape index (κ1) is 32.8. The topological polar surface area (TPSA) is 138 Å². The third kappa shape index (κ3) is 12.5. The van der Waals surface area contributed by atoms with E-state index >= 15 is 0 Å². The molecule has 1 aromatic carbocycles. The van der Waals surface area contributed by atoms with E-state index in [1.165, 1.54) is 18.9 Å². The number of rotatable bonds is 8. The smallest absolute Gasteiger partial charge is 0.246 e. The van der Waals surface area contributed by atoms with Gasteiger partial charge in [-0.1, -0.05) is 52.3 Å². The molecule has 0 aliphatic carbocycles. The summed E-state index contributed by atoms with van der Waals surface area (Å²) in [5.41, 5.74) is 13.5. The Bertz CT molecular complexity index is 884. The van der Waals surface area contributed by atoms with Gasteiger partial charge < -0.3 is 36.3 Å². The number of hydrogen-bond donors (Lipinski definition) is 5. The standard InChI is InChI=1S/C12H13N3O.C10H19NO2.C4H8O.C2H6/c13-10(7-8-5-6-15-12(8)14)9-3-1-2-4-11(9)16;1-4-6-7-9(8-12)11(3)10(13)5-2;1-2-4-5-3-1;1-2/h1-7,15-16H,13-14H2;5,9,12H,2,4,6-8H2,1,3H3;1-4H2;1-2H3/b10-7-;;;/t;9-;;/m.1../s1. The number of nitrogen functional groups attached to an aromatic ring is 1. The van der Waals surface area contributed by atoms with Crippen molar-refractivity contribution in [3.8, 4) is 5.75 Å². The first-order valence-corrected chi connectivity index (χ1v) is 12.6. The van der Waals surface area contributed by atoms with E-state index in [9.17, 15) is 9.90 Å². The Morgan fingerprint density at radius 2 is 1.89 bits per heavy atom. The minimum Gasteiger partial charge on any atom is -0.507 e. The lowest BCUT2D eigenvalue weighted by atomic mass is 10.1. The number of nitrogens with one attached hydrogen (secondary N) is 1. The molecule has 8 heteroatoms. The summed E-state index contributed by atoms with van der Waals surface area (Å²) in [5.74, 6) is 0.582. The number of amides is 1. The molecule has 36 heavy (non-hydrogen) atoms. The molecule has 0 unspecified atom stereocenters. The second-order valence-corrected chi connectivity index (χ2v) is 7.91. The van der Waals surface area contributed by atoms with Gasteiger partial charge in [-0.15, -0.1) is 0 Å². The molecule has 2 aromatic rings. The lowest BCUT2D eigenvalue weighted by Gasteiger charge is -2.25. The SMILES string of the molecule is C1CCOC1.C=CC(=O)N(C)[C@@H](CO)CCCC.CC.N/C(=C\c1cc[nH]c1N)c1ccccc1O. The van der Waals surface area contributed by atoms with Gasteiger partial charge in [0.05, 0.1) is 12.6 Å². The number of aromatic nitrogens is 1. The molecule has 202 valence electrons. The van der Waals surface area contributed by atoms with E-state index in [1.807, 2.05) is 26.0 Å². The van der Waals surface area contributed by atoms with Gasteiger partial charge in [-0.2, -0.15) is 0 Å². The molecule has 0 saturated carbocycles. The molecule has 1 aromatic heterocycles. The number of unbranched alkanes of at least 4 members (excludes halogenated alkanes) is 1. The second-order valence-electron chi connectivity index (χ2n) is 7.91. The number of anilines is 1. The number of ether oxygens (including phenoxy) is 1. The number of phenolic OH excluding ortho intramolecular Hbond substituents is 1. The zero-order chi connectivity index (χ0) is 27.3. The van der Waals surface area contributed by atoms with Crippen molar-refractivity contribution in [3.63, 3.8) is 0 Å². The van der Waals surface area contributed by atoms with Crippen molar-refractivity contribution >= 4 is 23.5 Å². The number of aliphatic hydroxyl groups excluding tert-OH is 1. The van der Waals surface area contributed by atoms with Crippen molar-refractivity contribution in [1.29, 1.82) is 0 Å². The normalized spacial score (nSPS) is 13.1. The Balaban J connectivity index is 0.000000547. The minimum atomic E-state index is -0.129. The summed E-state index contributed by atoms with van der Waals surface area (Å²) in [6.07, 6.45) is 10.2. The number of aromatic amines is 1. The quantitative estimate of drug-likeness (QED) is 0.330. The molecule has 1 aliphatic heterocycles. The molecule has 0 radical (unpaired) electrons. The summed E-state index contributed by atoms with van der Waals surface area (Å²) in [7, 11) is 1.70. The van der Waals surface area contributed by atoms with Gasteiger partial charge in [0.1, 0.15) is 11.6 Å². The van der Waals surface area contributed by atoms with Crippen LogP contribution in [0.5, 0.6) is 5.75 Å². The number of carbonyl (C=O) groups is 1. The number of phenols is 1. The number of H-pyrrole nitrogens is 1. The monoisotopic (exact) mass is 502 g/mol. The molecule has 1 amide bonds. The second kappa shape index (κ2) is 20.0. The van der Waals surface area contributed by atoms with Crippen LogP contribution in [0.1, 0.15) is 64.0 Å². The number of aliphatic hydroxyl groups is 1. The van der Waals surface area contributed by atoms with Crippen LogP contribution < -0.4 is 11.5 Å². The van der Waals surface area contributed by atoms with E-state index in [2.05, 4.69) is 18.5 Å². The van der Waals surface area contributed by atoms with Gasteiger partial charge in [0.2, 0.25) is 5.91 Å². The number of benzene rings is 1. The van der Waals surface area contributed by atoms with Gasteiger partial charge in [-0.05, 0) is 49.6 Å². The number of carbonyl (C=O) groups excluding carboxylic acids is 1. The highest BCUT2D eigenvalue weighted by atomic mass is 16.5. The molecule has 1 saturated heterocycles. The van der Waals surface area contributed by atoms with Crippen LogP contribution in [0.3, 0.4) is 0 Å². The maximum atomic E-state index is 11.2. The number of para-hydroxylation sites is 1. The number of likely N-dealkylation sites (N-methyl/N-ethyl adjacent to an activating group) is 1. The van der Waals surface area contributed by atoms with Crippen molar-refractivity contribution in [3.05, 3.63) is 60.3 Å². The predicted molar refractivity (Wildman–Crippen MR) is 150 cm³/mol. The molecule has 2 heterocycles. The molecular formula is C28H46N4O4. The molecule has 0 bridgehead atoms. The predicted octanol–water partition coefficient (Wildman–Crippen LogP) is 4.76. The summed E-state index contributed by atoms with van der Waals surface area (Å²) in [4.78, 5) is 15.6. The summed E-state index contributed by atoms with van der Waals surface area (Å²) in [6.45, 7) is 11.5. The van der Waals surface area contributed by atoms with Gasteiger partial charge in [-0.3, -0.25) is 4.79 Å². The highest BCUT2D eigenvalue weighted by Gasteiger charge is 2.15. The summed E-state index contributed by atoms with van der Waals surface area (Å²) < 4.78 is 4.94. The molecule has 3 rings (SSSR count). The Labute approximate surface area is 216 Å². The summed E-state index contributed by atoms with van der Waals surface area (Å²) in [6, 6.07) is 8.67. The minimum absolute atomic E-state index is 0.0239. The van der Waals surface area contributed by atoms with Gasteiger partial charge in [0.15, 0.2) is 0 Å². The molecule has 0 spiro atoms. The van der Waals surface area contributed by atoms with E-state index < -0.39 is 0 Å². The van der Waals surface area contributed by atoms with Gasteiger partial charge >= 0.3 is 0 Å². The van der Waals surface area contributed by atoms with Gasteiger partial charge in [0.25, 0.3) is 0 Å². The lowest BCUT2D eigenvalue weighted by molar-refractivity contribution is -0.127. The fourth-order valence-corrected chi connectivity index (χ4v) is 3.16. The maximum absolute atomic E-state index is 11.2. The fraction of sp³-hybridized carbons (Fsp3) is 0.464. The van der Waals surface area contributed by atoms with Gasteiger partial charge in [0, 0.05) is 43.3 Å². The van der Waals surface area contributed by atoms with Crippen LogP contribution in [0.4, 0.5) is 5.82 Å². The van der Waals surface area contributed by atoms with Crippen molar-refractivity contribution in [1.82, 2.24) is 9.88 Å². The molecule has 7 N–H and O–H groups in total. The van der Waals surface area contributed by atoms with Crippen molar-refractivity contribution < 1.29 is 19.7 Å². The molecule has 8 nitrogen and oxygen atoms in total. The van der Waals surface area contributed by atoms with Crippen LogP contribution in [0, 0.1) is 0 Å². The Hall–Kier alpha value is -3.23. The number of nitrogens with two attached hydrogens (primary N) is 2. The van der Waals surface area contributed by atoms with E-state index in [-0.39, 0.29) is 24.3 Å². The zero-order valence-electron chi connectivity index (χ0n) is 22.4. The van der Waals surface area contributed by atoms with E-state index in [4.69, 9.17) is 21.3 Å². The summed E-state index contributed by atoms with van der Waals surface area (Å²) in [5, 5.41) is 18.7. The number of aromatic hydroxyl groups is 1. The van der Waals surface area contributed by atoms with Crippen molar-refractivity contribution in [2.45, 2.75) is 58.9 Å². The van der Waals surface area contributed by atoms with Crippen LogP contribution >= 0.6 is 0 Å². The summed E-state index contributed by atoms with van der Waals surface area (Å²) >= 11 is 0. The first-order valence-electron chi connectivity index (χ1n) is 12.6. The average Bonchev–Trinajstić information content (AvgIpc) is 3.61. The Morgan fingerprint density at radius 3 is 2.33 bits per heavy atom. The molecule has 1 aliphatic rings. The molecule has 1 fully saturated rings. The van der Waals surface area contributed by atoms with Crippen LogP contribution in [0.15, 0.2) is 49.2 Å². The van der Waals surface area contributed by atoms with Crippen molar-refractivity contribution in [2.75, 3.05) is 32.6 Å². The number of hydrogen-bond acceptors (Lipinski definition) is 6.